The molecule has 20 heavy (non-hydrogen) atoms. The molecule has 4 nitrogen and oxygen atoms in total. The normalized spacial score (nSPS) is 11.2. The minimum absolute atomic E-state index is 0.0117. The van der Waals surface area contributed by atoms with Gasteiger partial charge in [-0.2, -0.15) is 13.2 Å². The molecule has 1 amide bonds. The van der Waals surface area contributed by atoms with E-state index < -0.39 is 18.1 Å². The second kappa shape index (κ2) is 9.61. The van der Waals surface area contributed by atoms with E-state index in [1.165, 1.54) is 0 Å². The summed E-state index contributed by atoms with van der Waals surface area (Å²) in [6.45, 7) is 3.52. The Kier molecular flexibility index (Phi) is 9.00. The van der Waals surface area contributed by atoms with Gasteiger partial charge in [-0.05, 0) is 13.3 Å². The summed E-state index contributed by atoms with van der Waals surface area (Å²) < 4.78 is 42.0. The largest absolute Gasteiger partial charge is 0.471 e. The quantitative estimate of drug-likeness (QED) is 0.485. The van der Waals surface area contributed by atoms with Crippen molar-refractivity contribution >= 4 is 11.9 Å². The molecule has 0 heterocycles. The Morgan fingerprint density at radius 1 is 1.05 bits per heavy atom. The Morgan fingerprint density at radius 2 is 1.70 bits per heavy atom. The lowest BCUT2D eigenvalue weighted by atomic mass is 10.2. The number of hydrogen-bond donors (Lipinski definition) is 0. The molecule has 0 aliphatic carbocycles. The summed E-state index contributed by atoms with van der Waals surface area (Å²) in [5.41, 5.74) is 0. The molecule has 0 unspecified atom stereocenters. The van der Waals surface area contributed by atoms with Crippen LogP contribution in [0.3, 0.4) is 0 Å². The zero-order chi connectivity index (χ0) is 15.6. The number of ether oxygens (including phenoxy) is 1. The fourth-order valence-electron chi connectivity index (χ4n) is 1.68. The molecule has 0 saturated carbocycles. The Bertz CT molecular complexity index is 306. The summed E-state index contributed by atoms with van der Waals surface area (Å²) in [6, 6.07) is 0. The highest BCUT2D eigenvalue weighted by atomic mass is 19.4. The van der Waals surface area contributed by atoms with Crippen LogP contribution >= 0.6 is 0 Å². The topological polar surface area (TPSA) is 46.6 Å². The summed E-state index contributed by atoms with van der Waals surface area (Å²) in [6.07, 6.45) is -2.00. The zero-order valence-corrected chi connectivity index (χ0v) is 12.0. The highest BCUT2D eigenvalue weighted by Gasteiger charge is 2.42. The number of unbranched alkanes of at least 4 members (excludes halogenated alkanes) is 3. The molecule has 0 spiro atoms. The van der Waals surface area contributed by atoms with Crippen LogP contribution in [0.15, 0.2) is 0 Å². The third-order valence-corrected chi connectivity index (χ3v) is 2.70. The molecule has 0 aromatic heterocycles. The summed E-state index contributed by atoms with van der Waals surface area (Å²) >= 11 is 0. The molecule has 0 aromatic rings. The summed E-state index contributed by atoms with van der Waals surface area (Å²) in [4.78, 5) is 23.1. The van der Waals surface area contributed by atoms with Crippen molar-refractivity contribution in [2.75, 3.05) is 19.7 Å². The molecular formula is C13H22F3NO3. The smallest absolute Gasteiger partial charge is 0.466 e. The number of carbonyl (C=O) groups excluding carboxylic acids is 2. The van der Waals surface area contributed by atoms with Crippen molar-refractivity contribution in [1.29, 1.82) is 0 Å². The van der Waals surface area contributed by atoms with Crippen molar-refractivity contribution in [3.8, 4) is 0 Å². The van der Waals surface area contributed by atoms with E-state index in [1.54, 1.807) is 6.92 Å². The second-order valence-corrected chi connectivity index (χ2v) is 4.41. The van der Waals surface area contributed by atoms with Crippen LogP contribution in [0.2, 0.25) is 0 Å². The third-order valence-electron chi connectivity index (χ3n) is 2.70. The molecule has 7 heteroatoms. The molecule has 0 saturated heterocycles. The van der Waals surface area contributed by atoms with E-state index in [0.29, 0.717) is 11.3 Å². The van der Waals surface area contributed by atoms with E-state index in [0.717, 1.165) is 19.3 Å². The van der Waals surface area contributed by atoms with Crippen LogP contribution in [0.4, 0.5) is 13.2 Å². The minimum Gasteiger partial charge on any atom is -0.466 e. The van der Waals surface area contributed by atoms with Gasteiger partial charge in [0.1, 0.15) is 0 Å². The van der Waals surface area contributed by atoms with Gasteiger partial charge in [0.2, 0.25) is 0 Å². The van der Waals surface area contributed by atoms with E-state index >= 15 is 0 Å². The van der Waals surface area contributed by atoms with E-state index in [-0.39, 0.29) is 26.1 Å². The fourth-order valence-corrected chi connectivity index (χ4v) is 1.68. The van der Waals surface area contributed by atoms with Crippen LogP contribution in [-0.4, -0.2) is 42.6 Å². The van der Waals surface area contributed by atoms with Crippen molar-refractivity contribution in [2.45, 2.75) is 52.1 Å². The van der Waals surface area contributed by atoms with Crippen LogP contribution in [0, 0.1) is 0 Å². The first kappa shape index (κ1) is 18.7. The predicted molar refractivity (Wildman–Crippen MR) is 68.0 cm³/mol. The summed E-state index contributed by atoms with van der Waals surface area (Å²) in [7, 11) is 0. The maximum atomic E-state index is 12.4. The van der Waals surface area contributed by atoms with Gasteiger partial charge in [-0.15, -0.1) is 0 Å². The highest BCUT2D eigenvalue weighted by molar-refractivity contribution is 5.82. The molecular weight excluding hydrogens is 275 g/mol. The number of halogens is 3. The first-order valence-corrected chi connectivity index (χ1v) is 6.84. The van der Waals surface area contributed by atoms with Crippen LogP contribution in [-0.2, 0) is 14.3 Å². The van der Waals surface area contributed by atoms with Gasteiger partial charge in [0.15, 0.2) is 0 Å². The van der Waals surface area contributed by atoms with Crippen molar-refractivity contribution in [3.05, 3.63) is 0 Å². The molecule has 0 fully saturated rings. The van der Waals surface area contributed by atoms with E-state index in [4.69, 9.17) is 0 Å². The van der Waals surface area contributed by atoms with Crippen molar-refractivity contribution in [1.82, 2.24) is 4.90 Å². The molecule has 0 aliphatic rings. The fraction of sp³-hybridized carbons (Fsp3) is 0.846. The molecule has 0 aliphatic heterocycles. The lowest BCUT2D eigenvalue weighted by molar-refractivity contribution is -0.185. The van der Waals surface area contributed by atoms with Crippen molar-refractivity contribution < 1.29 is 27.5 Å². The molecule has 0 N–H and O–H groups in total. The maximum absolute atomic E-state index is 12.4. The van der Waals surface area contributed by atoms with Gasteiger partial charge < -0.3 is 9.64 Å². The number of carbonyl (C=O) groups is 2. The first-order valence-electron chi connectivity index (χ1n) is 6.84. The molecule has 0 rings (SSSR count). The van der Waals surface area contributed by atoms with E-state index in [9.17, 15) is 22.8 Å². The van der Waals surface area contributed by atoms with E-state index in [1.807, 2.05) is 6.92 Å². The van der Waals surface area contributed by atoms with Gasteiger partial charge in [0, 0.05) is 13.1 Å². The molecule has 0 atom stereocenters. The van der Waals surface area contributed by atoms with Gasteiger partial charge in [0.05, 0.1) is 13.0 Å². The first-order chi connectivity index (χ1) is 9.32. The average Bonchev–Trinajstić information content (AvgIpc) is 2.36. The third kappa shape index (κ3) is 8.01. The van der Waals surface area contributed by atoms with Gasteiger partial charge in [-0.1, -0.05) is 26.2 Å². The SMILES string of the molecule is CCCCCCN(CCC(=O)OCC)C(=O)C(F)(F)F. The Balaban J connectivity index is 4.39. The van der Waals surface area contributed by atoms with Crippen molar-refractivity contribution in [3.63, 3.8) is 0 Å². The summed E-state index contributed by atoms with van der Waals surface area (Å²) in [5.74, 6) is -2.49. The van der Waals surface area contributed by atoms with Crippen LogP contribution in [0.1, 0.15) is 46.0 Å². The number of amides is 1. The molecule has 118 valence electrons. The summed E-state index contributed by atoms with van der Waals surface area (Å²) in [5, 5.41) is 0. The Labute approximate surface area is 117 Å². The Morgan fingerprint density at radius 3 is 2.20 bits per heavy atom. The number of alkyl halides is 3. The monoisotopic (exact) mass is 297 g/mol. The van der Waals surface area contributed by atoms with Gasteiger partial charge >= 0.3 is 18.1 Å². The number of esters is 1. The van der Waals surface area contributed by atoms with Crippen LogP contribution in [0.5, 0.6) is 0 Å². The molecule has 0 bridgehead atoms. The predicted octanol–water partition coefficient (Wildman–Crippen LogP) is 2.91. The van der Waals surface area contributed by atoms with Crippen LogP contribution in [0.25, 0.3) is 0 Å². The average molecular weight is 297 g/mol. The standard InChI is InChI=1S/C13H22F3NO3/c1-3-5-6-7-9-17(12(19)13(14,15)16)10-8-11(18)20-4-2/h3-10H2,1-2H3. The lowest BCUT2D eigenvalue weighted by Crippen LogP contribution is -2.42. The lowest BCUT2D eigenvalue weighted by Gasteiger charge is -2.23. The van der Waals surface area contributed by atoms with E-state index in [2.05, 4.69) is 4.74 Å². The zero-order valence-electron chi connectivity index (χ0n) is 12.0. The molecule has 0 aromatic carbocycles. The number of hydrogen-bond acceptors (Lipinski definition) is 3. The van der Waals surface area contributed by atoms with Crippen LogP contribution < -0.4 is 0 Å². The maximum Gasteiger partial charge on any atom is 0.471 e. The van der Waals surface area contributed by atoms with Crippen molar-refractivity contribution in [2.24, 2.45) is 0 Å². The number of rotatable bonds is 9. The minimum atomic E-state index is -4.90. The number of nitrogens with zero attached hydrogens (tertiary/aromatic N) is 1. The second-order valence-electron chi connectivity index (χ2n) is 4.41. The van der Waals surface area contributed by atoms with Gasteiger partial charge in [-0.3, -0.25) is 9.59 Å². The molecule has 0 radical (unpaired) electrons. The van der Waals surface area contributed by atoms with Gasteiger partial charge in [-0.25, -0.2) is 0 Å². The van der Waals surface area contributed by atoms with Gasteiger partial charge in [0.25, 0.3) is 0 Å². The Hall–Kier alpha value is -1.27. The highest BCUT2D eigenvalue weighted by Crippen LogP contribution is 2.19.